The zero-order valence-electron chi connectivity index (χ0n) is 16.8. The third-order valence-electron chi connectivity index (χ3n) is 4.46. The fraction of sp³-hybridized carbons (Fsp3) is 0.190. The van der Waals surface area contributed by atoms with Gasteiger partial charge in [-0.05, 0) is 50.2 Å². The number of amides is 1. The molecule has 0 fully saturated rings. The molecule has 31 heavy (non-hydrogen) atoms. The number of halogens is 3. The molecule has 3 heterocycles. The summed E-state index contributed by atoms with van der Waals surface area (Å²) in [6.07, 6.45) is 1.38. The highest BCUT2D eigenvalue weighted by molar-refractivity contribution is 5.93. The molecule has 10 heteroatoms. The molecule has 0 radical (unpaired) electrons. The van der Waals surface area contributed by atoms with Crippen molar-refractivity contribution in [2.75, 3.05) is 5.32 Å². The quantitative estimate of drug-likeness (QED) is 0.402. The van der Waals surface area contributed by atoms with E-state index >= 15 is 0 Å². The number of carbonyl (C=O) groups is 1. The Labute approximate surface area is 176 Å². The average Bonchev–Trinajstić information content (AvgIpc) is 3.36. The van der Waals surface area contributed by atoms with Crippen LogP contribution in [0.1, 0.15) is 25.5 Å². The number of rotatable bonds is 4. The molecule has 4 aromatic rings. The Hall–Kier alpha value is -3.82. The molecule has 162 valence electrons. The Morgan fingerprint density at radius 3 is 2.42 bits per heavy atom. The Kier molecular flexibility index (Phi) is 6.28. The van der Waals surface area contributed by atoms with E-state index in [1.54, 1.807) is 12.4 Å². The summed E-state index contributed by atoms with van der Waals surface area (Å²) in [4.78, 5) is 16.3. The fourth-order valence-electron chi connectivity index (χ4n) is 2.92. The molecule has 0 spiro atoms. The number of primary amides is 1. The molecule has 0 atom stereocenters. The molecule has 4 rings (SSSR count). The predicted molar refractivity (Wildman–Crippen MR) is 113 cm³/mol. The number of aromatic nitrogens is 4. The van der Waals surface area contributed by atoms with Gasteiger partial charge in [-0.1, -0.05) is 0 Å². The van der Waals surface area contributed by atoms with Crippen molar-refractivity contribution >= 4 is 28.8 Å². The summed E-state index contributed by atoms with van der Waals surface area (Å²) >= 11 is 0. The summed E-state index contributed by atoms with van der Waals surface area (Å²) < 4.78 is 39.9. The van der Waals surface area contributed by atoms with E-state index in [2.05, 4.69) is 40.0 Å². The predicted octanol–water partition coefficient (Wildman–Crippen LogP) is 4.87. The first kappa shape index (κ1) is 21.9. The number of nitrogens with zero attached hydrogens (tertiary/aromatic N) is 3. The van der Waals surface area contributed by atoms with Gasteiger partial charge in [0.25, 0.3) is 0 Å². The average molecular weight is 430 g/mol. The largest absolute Gasteiger partial charge is 0.416 e. The van der Waals surface area contributed by atoms with Crippen molar-refractivity contribution < 1.29 is 18.0 Å². The molecule has 0 saturated heterocycles. The van der Waals surface area contributed by atoms with Crippen LogP contribution < -0.4 is 11.1 Å². The third kappa shape index (κ3) is 5.03. The van der Waals surface area contributed by atoms with Gasteiger partial charge in [0.15, 0.2) is 0 Å². The maximum atomic E-state index is 12.7. The molecular formula is C21H21F3N6O. The lowest BCUT2D eigenvalue weighted by Gasteiger charge is -2.09. The topological polar surface area (TPSA) is 102 Å². The van der Waals surface area contributed by atoms with Gasteiger partial charge in [0.2, 0.25) is 6.41 Å². The van der Waals surface area contributed by atoms with Crippen molar-refractivity contribution in [1.82, 2.24) is 19.7 Å². The van der Waals surface area contributed by atoms with Crippen LogP contribution in [0.15, 0.2) is 55.0 Å². The molecule has 1 aromatic carbocycles. The molecule has 0 bridgehead atoms. The van der Waals surface area contributed by atoms with Gasteiger partial charge in [-0.25, -0.2) is 4.98 Å². The molecule has 0 aliphatic heterocycles. The zero-order valence-corrected chi connectivity index (χ0v) is 16.8. The van der Waals surface area contributed by atoms with Crippen LogP contribution in [0.25, 0.3) is 22.3 Å². The van der Waals surface area contributed by atoms with Crippen molar-refractivity contribution in [3.8, 4) is 11.3 Å². The second kappa shape index (κ2) is 8.90. The fourth-order valence-corrected chi connectivity index (χ4v) is 2.92. The molecule has 7 nitrogen and oxygen atoms in total. The lowest BCUT2D eigenvalue weighted by Crippen LogP contribution is -2.04. The van der Waals surface area contributed by atoms with Crippen LogP contribution in [-0.2, 0) is 11.0 Å². The first-order chi connectivity index (χ1) is 14.7. The van der Waals surface area contributed by atoms with Gasteiger partial charge in [0.05, 0.1) is 23.1 Å². The second-order valence-corrected chi connectivity index (χ2v) is 6.93. The monoisotopic (exact) mass is 430 g/mol. The number of aromatic amines is 1. The van der Waals surface area contributed by atoms with Crippen LogP contribution in [0.3, 0.4) is 0 Å². The van der Waals surface area contributed by atoms with Gasteiger partial charge in [0, 0.05) is 35.1 Å². The summed E-state index contributed by atoms with van der Waals surface area (Å²) in [5.41, 5.74) is 7.20. The number of fused-ring (bicyclic) bond motifs is 1. The third-order valence-corrected chi connectivity index (χ3v) is 4.46. The van der Waals surface area contributed by atoms with Crippen molar-refractivity contribution in [1.29, 1.82) is 0 Å². The summed E-state index contributed by atoms with van der Waals surface area (Å²) in [6.45, 7) is 4.11. The molecule has 0 aliphatic rings. The Bertz CT molecular complexity index is 1160. The first-order valence-corrected chi connectivity index (χ1v) is 9.35. The summed E-state index contributed by atoms with van der Waals surface area (Å²) in [5, 5.41) is 8.31. The van der Waals surface area contributed by atoms with Crippen LogP contribution in [0.5, 0.6) is 0 Å². The van der Waals surface area contributed by atoms with E-state index in [-0.39, 0.29) is 12.5 Å². The number of pyridine rings is 1. The van der Waals surface area contributed by atoms with Crippen LogP contribution in [-0.4, -0.2) is 26.2 Å². The smallest absolute Gasteiger partial charge is 0.372 e. The summed E-state index contributed by atoms with van der Waals surface area (Å²) in [6, 6.07) is 9.01. The number of nitrogens with two attached hydrogens (primary N) is 1. The maximum absolute atomic E-state index is 12.7. The second-order valence-electron chi connectivity index (χ2n) is 6.93. The first-order valence-electron chi connectivity index (χ1n) is 9.35. The van der Waals surface area contributed by atoms with E-state index in [0.29, 0.717) is 11.3 Å². The van der Waals surface area contributed by atoms with E-state index < -0.39 is 11.7 Å². The van der Waals surface area contributed by atoms with Crippen molar-refractivity contribution in [3.05, 3.63) is 60.6 Å². The van der Waals surface area contributed by atoms with E-state index in [9.17, 15) is 13.2 Å². The van der Waals surface area contributed by atoms with Crippen LogP contribution >= 0.6 is 0 Å². The van der Waals surface area contributed by atoms with Gasteiger partial charge in [0.1, 0.15) is 5.65 Å². The van der Waals surface area contributed by atoms with E-state index in [1.165, 1.54) is 12.1 Å². The molecule has 0 aliphatic carbocycles. The van der Waals surface area contributed by atoms with Crippen LogP contribution in [0.4, 0.5) is 24.5 Å². The van der Waals surface area contributed by atoms with Crippen molar-refractivity contribution in [3.63, 3.8) is 0 Å². The minimum atomic E-state index is -4.34. The van der Waals surface area contributed by atoms with Gasteiger partial charge in [-0.2, -0.15) is 18.3 Å². The van der Waals surface area contributed by atoms with Crippen molar-refractivity contribution in [2.24, 2.45) is 5.73 Å². The van der Waals surface area contributed by atoms with Crippen LogP contribution in [0.2, 0.25) is 0 Å². The SMILES string of the molecule is CC(C)n1cc(-c2ccc3c(Nc4ccc(C(F)(F)F)cc4)c[nH]c3n2)cn1.NC=O. The Balaban J connectivity index is 0.000000858. The highest BCUT2D eigenvalue weighted by Crippen LogP contribution is 2.32. The molecule has 3 aromatic heterocycles. The highest BCUT2D eigenvalue weighted by atomic mass is 19.4. The maximum Gasteiger partial charge on any atom is 0.416 e. The Morgan fingerprint density at radius 1 is 1.16 bits per heavy atom. The van der Waals surface area contributed by atoms with Gasteiger partial charge in [-0.15, -0.1) is 0 Å². The highest BCUT2D eigenvalue weighted by Gasteiger charge is 2.29. The lowest BCUT2D eigenvalue weighted by atomic mass is 10.2. The molecule has 0 unspecified atom stereocenters. The normalized spacial score (nSPS) is 11.3. The molecule has 0 saturated carbocycles. The Morgan fingerprint density at radius 2 is 1.84 bits per heavy atom. The molecule has 4 N–H and O–H groups in total. The number of anilines is 2. The van der Waals surface area contributed by atoms with Gasteiger partial charge < -0.3 is 16.0 Å². The van der Waals surface area contributed by atoms with Crippen molar-refractivity contribution in [2.45, 2.75) is 26.1 Å². The van der Waals surface area contributed by atoms with E-state index in [0.717, 1.165) is 34.5 Å². The lowest BCUT2D eigenvalue weighted by molar-refractivity contribution is -0.137. The number of hydrogen-bond donors (Lipinski definition) is 3. The molecule has 1 amide bonds. The zero-order chi connectivity index (χ0) is 22.6. The minimum absolute atomic E-state index is 0.250. The molecular weight excluding hydrogens is 409 g/mol. The number of H-pyrrole nitrogens is 1. The number of carbonyl (C=O) groups excluding carboxylic acids is 1. The standard InChI is InChI=1S/C20H18F3N5.CH3NO/c1-12(2)28-11-13(9-25-28)17-8-7-16-18(10-24-19(16)27-17)26-15-5-3-14(4-6-15)20(21,22)23;2-1-3/h3-12,26H,1-2H3,(H,24,27);1H,(H2,2,3). The number of hydrogen-bond acceptors (Lipinski definition) is 4. The summed E-state index contributed by atoms with van der Waals surface area (Å²) in [5.74, 6) is 0. The van der Waals surface area contributed by atoms with Gasteiger partial charge >= 0.3 is 6.18 Å². The van der Waals surface area contributed by atoms with E-state index in [4.69, 9.17) is 4.79 Å². The minimum Gasteiger partial charge on any atom is -0.372 e. The number of alkyl halides is 3. The number of benzene rings is 1. The van der Waals surface area contributed by atoms with E-state index in [1.807, 2.05) is 23.0 Å². The number of nitrogens with one attached hydrogen (secondary N) is 2. The van der Waals surface area contributed by atoms with Crippen LogP contribution in [0, 0.1) is 0 Å². The summed E-state index contributed by atoms with van der Waals surface area (Å²) in [7, 11) is 0. The van der Waals surface area contributed by atoms with Gasteiger partial charge in [-0.3, -0.25) is 9.48 Å².